The SMILES string of the molecule is CC1CCC(=NNC(=O)c2cccc(Br)c2)CC1. The van der Waals surface area contributed by atoms with Gasteiger partial charge in [0.25, 0.3) is 5.91 Å². The van der Waals surface area contributed by atoms with Gasteiger partial charge in [0.15, 0.2) is 0 Å². The minimum atomic E-state index is -0.151. The molecule has 3 nitrogen and oxygen atoms in total. The van der Waals surface area contributed by atoms with E-state index in [4.69, 9.17) is 0 Å². The van der Waals surface area contributed by atoms with Crippen molar-refractivity contribution < 1.29 is 4.79 Å². The second kappa shape index (κ2) is 6.14. The van der Waals surface area contributed by atoms with E-state index in [9.17, 15) is 4.79 Å². The van der Waals surface area contributed by atoms with Crippen molar-refractivity contribution in [3.8, 4) is 0 Å². The van der Waals surface area contributed by atoms with Gasteiger partial charge in [0, 0.05) is 15.7 Å². The van der Waals surface area contributed by atoms with Crippen LogP contribution in [0.3, 0.4) is 0 Å². The van der Waals surface area contributed by atoms with Crippen LogP contribution in [0, 0.1) is 5.92 Å². The molecular formula is C14H17BrN2O. The number of halogens is 1. The molecule has 0 unspecified atom stereocenters. The van der Waals surface area contributed by atoms with Crippen molar-refractivity contribution in [1.29, 1.82) is 0 Å². The summed E-state index contributed by atoms with van der Waals surface area (Å²) in [6.07, 6.45) is 4.34. The zero-order valence-corrected chi connectivity index (χ0v) is 12.0. The van der Waals surface area contributed by atoms with Crippen LogP contribution in [0.5, 0.6) is 0 Å². The van der Waals surface area contributed by atoms with E-state index in [1.54, 1.807) is 12.1 Å². The molecule has 1 fully saturated rings. The third-order valence-corrected chi connectivity index (χ3v) is 3.75. The zero-order chi connectivity index (χ0) is 13.0. The van der Waals surface area contributed by atoms with E-state index in [1.807, 2.05) is 12.1 Å². The Bertz CT molecular complexity index is 461. The van der Waals surface area contributed by atoms with Crippen molar-refractivity contribution in [1.82, 2.24) is 5.43 Å². The fourth-order valence-electron chi connectivity index (χ4n) is 2.03. The second-order valence-corrected chi connectivity index (χ2v) is 5.73. The maximum absolute atomic E-state index is 11.9. The van der Waals surface area contributed by atoms with Gasteiger partial charge in [0.1, 0.15) is 0 Å². The number of amides is 1. The van der Waals surface area contributed by atoms with E-state index in [0.29, 0.717) is 5.56 Å². The van der Waals surface area contributed by atoms with Crippen LogP contribution in [0.15, 0.2) is 33.8 Å². The normalized spacial score (nSPS) is 19.4. The van der Waals surface area contributed by atoms with E-state index >= 15 is 0 Å². The molecule has 1 N–H and O–H groups in total. The lowest BCUT2D eigenvalue weighted by molar-refractivity contribution is 0.0954. The number of hydrogen-bond acceptors (Lipinski definition) is 2. The standard InChI is InChI=1S/C14H17BrN2O/c1-10-5-7-13(8-6-10)16-17-14(18)11-3-2-4-12(15)9-11/h2-4,9-10H,5-8H2,1H3,(H,17,18). The van der Waals surface area contributed by atoms with E-state index in [2.05, 4.69) is 33.4 Å². The summed E-state index contributed by atoms with van der Waals surface area (Å²) in [6, 6.07) is 7.31. The van der Waals surface area contributed by atoms with Gasteiger partial charge in [-0.05, 0) is 49.8 Å². The highest BCUT2D eigenvalue weighted by molar-refractivity contribution is 9.10. The van der Waals surface area contributed by atoms with E-state index in [-0.39, 0.29) is 5.91 Å². The van der Waals surface area contributed by atoms with E-state index in [1.165, 1.54) is 12.8 Å². The maximum atomic E-state index is 11.9. The Balaban J connectivity index is 1.94. The summed E-state index contributed by atoms with van der Waals surface area (Å²) in [5.41, 5.74) is 4.37. The number of benzene rings is 1. The molecule has 4 heteroatoms. The predicted molar refractivity (Wildman–Crippen MR) is 76.7 cm³/mol. The summed E-state index contributed by atoms with van der Waals surface area (Å²) in [4.78, 5) is 11.9. The summed E-state index contributed by atoms with van der Waals surface area (Å²) in [7, 11) is 0. The smallest absolute Gasteiger partial charge is 0.267 e. The molecule has 96 valence electrons. The average Bonchev–Trinajstić information content (AvgIpc) is 2.38. The molecule has 1 aliphatic carbocycles. The molecule has 0 heterocycles. The van der Waals surface area contributed by atoms with Crippen LogP contribution < -0.4 is 5.43 Å². The van der Waals surface area contributed by atoms with E-state index < -0.39 is 0 Å². The number of hydrazone groups is 1. The molecule has 1 aliphatic rings. The molecule has 0 saturated heterocycles. The van der Waals surface area contributed by atoms with Gasteiger partial charge in [0.05, 0.1) is 0 Å². The number of nitrogens with one attached hydrogen (secondary N) is 1. The fraction of sp³-hybridized carbons (Fsp3) is 0.429. The van der Waals surface area contributed by atoms with Crippen molar-refractivity contribution in [2.24, 2.45) is 11.0 Å². The Morgan fingerprint density at radius 3 is 2.78 bits per heavy atom. The van der Waals surface area contributed by atoms with Crippen LogP contribution in [0.25, 0.3) is 0 Å². The number of rotatable bonds is 2. The Morgan fingerprint density at radius 2 is 2.11 bits per heavy atom. The van der Waals surface area contributed by atoms with Crippen LogP contribution in [0.2, 0.25) is 0 Å². The third-order valence-electron chi connectivity index (χ3n) is 3.25. The molecule has 0 radical (unpaired) electrons. The highest BCUT2D eigenvalue weighted by atomic mass is 79.9. The quantitative estimate of drug-likeness (QED) is 0.831. The third kappa shape index (κ3) is 3.67. The molecule has 0 aromatic heterocycles. The Hall–Kier alpha value is -1.16. The summed E-state index contributed by atoms with van der Waals surface area (Å²) in [5.74, 6) is 0.632. The summed E-state index contributed by atoms with van der Waals surface area (Å²) in [6.45, 7) is 2.26. The Kier molecular flexibility index (Phi) is 4.53. The lowest BCUT2D eigenvalue weighted by Gasteiger charge is -2.18. The summed E-state index contributed by atoms with van der Waals surface area (Å²) < 4.78 is 0.897. The minimum Gasteiger partial charge on any atom is -0.267 e. The lowest BCUT2D eigenvalue weighted by atomic mass is 9.90. The molecule has 1 aromatic rings. The maximum Gasteiger partial charge on any atom is 0.271 e. The number of carbonyl (C=O) groups is 1. The van der Waals surface area contributed by atoms with Crippen LogP contribution in [-0.2, 0) is 0 Å². The van der Waals surface area contributed by atoms with Crippen LogP contribution in [-0.4, -0.2) is 11.6 Å². The van der Waals surface area contributed by atoms with Crippen molar-refractivity contribution in [3.05, 3.63) is 34.3 Å². The van der Waals surface area contributed by atoms with Crippen LogP contribution in [0.4, 0.5) is 0 Å². The first-order chi connectivity index (χ1) is 8.65. The van der Waals surface area contributed by atoms with E-state index in [0.717, 1.165) is 28.9 Å². The highest BCUT2D eigenvalue weighted by Gasteiger charge is 2.14. The first-order valence-electron chi connectivity index (χ1n) is 6.26. The van der Waals surface area contributed by atoms with Crippen molar-refractivity contribution in [2.75, 3.05) is 0 Å². The second-order valence-electron chi connectivity index (χ2n) is 4.81. The number of nitrogens with zero attached hydrogens (tertiary/aromatic N) is 1. The van der Waals surface area contributed by atoms with Gasteiger partial charge in [0.2, 0.25) is 0 Å². The van der Waals surface area contributed by atoms with Crippen molar-refractivity contribution >= 4 is 27.5 Å². The Labute approximate surface area is 116 Å². The van der Waals surface area contributed by atoms with Gasteiger partial charge in [-0.1, -0.05) is 28.9 Å². The van der Waals surface area contributed by atoms with Crippen molar-refractivity contribution in [3.63, 3.8) is 0 Å². The molecule has 0 aliphatic heterocycles. The van der Waals surface area contributed by atoms with Gasteiger partial charge >= 0.3 is 0 Å². The first kappa shape index (κ1) is 13.3. The Morgan fingerprint density at radius 1 is 1.39 bits per heavy atom. The summed E-state index contributed by atoms with van der Waals surface area (Å²) >= 11 is 3.35. The first-order valence-corrected chi connectivity index (χ1v) is 7.06. The van der Waals surface area contributed by atoms with Gasteiger partial charge in [-0.3, -0.25) is 4.79 Å². The van der Waals surface area contributed by atoms with Crippen LogP contribution in [0.1, 0.15) is 43.0 Å². The largest absolute Gasteiger partial charge is 0.271 e. The topological polar surface area (TPSA) is 41.5 Å². The predicted octanol–water partition coefficient (Wildman–Crippen LogP) is 3.75. The highest BCUT2D eigenvalue weighted by Crippen LogP contribution is 2.21. The molecule has 1 aromatic carbocycles. The summed E-state index contributed by atoms with van der Waals surface area (Å²) in [5, 5.41) is 4.23. The fourth-order valence-corrected chi connectivity index (χ4v) is 2.43. The van der Waals surface area contributed by atoms with Gasteiger partial charge in [-0.15, -0.1) is 0 Å². The molecule has 2 rings (SSSR count). The van der Waals surface area contributed by atoms with Gasteiger partial charge < -0.3 is 0 Å². The molecular weight excluding hydrogens is 292 g/mol. The molecule has 0 atom stereocenters. The van der Waals surface area contributed by atoms with Crippen molar-refractivity contribution in [2.45, 2.75) is 32.6 Å². The minimum absolute atomic E-state index is 0.151. The number of hydrogen-bond donors (Lipinski definition) is 1. The van der Waals surface area contributed by atoms with Gasteiger partial charge in [-0.25, -0.2) is 5.43 Å². The molecule has 1 amide bonds. The molecule has 0 bridgehead atoms. The molecule has 0 spiro atoms. The lowest BCUT2D eigenvalue weighted by Crippen LogP contribution is -2.21. The zero-order valence-electron chi connectivity index (χ0n) is 10.4. The average molecular weight is 309 g/mol. The van der Waals surface area contributed by atoms with Gasteiger partial charge in [-0.2, -0.15) is 5.10 Å². The van der Waals surface area contributed by atoms with Crippen LogP contribution >= 0.6 is 15.9 Å². The molecule has 18 heavy (non-hydrogen) atoms. The number of carbonyl (C=O) groups excluding carboxylic acids is 1. The molecule has 1 saturated carbocycles. The monoisotopic (exact) mass is 308 g/mol.